The number of para-hydroxylation sites is 1. The van der Waals surface area contributed by atoms with E-state index in [0.29, 0.717) is 6.42 Å². The van der Waals surface area contributed by atoms with E-state index in [1.165, 1.54) is 6.07 Å². The van der Waals surface area contributed by atoms with Gasteiger partial charge in [-0.25, -0.2) is 4.79 Å². The second-order valence-corrected chi connectivity index (χ2v) is 4.58. The quantitative estimate of drug-likeness (QED) is 0.800. The minimum atomic E-state index is -4.46. The van der Waals surface area contributed by atoms with Crippen LogP contribution in [0.25, 0.3) is 0 Å². The van der Waals surface area contributed by atoms with Gasteiger partial charge >= 0.3 is 12.3 Å². The molecule has 0 bridgehead atoms. The molecule has 1 aliphatic heterocycles. The Hall–Kier alpha value is -1.76. The van der Waals surface area contributed by atoms with Crippen molar-refractivity contribution in [1.82, 2.24) is 0 Å². The largest absolute Gasteiger partial charge is 0.855 e. The van der Waals surface area contributed by atoms with Crippen molar-refractivity contribution in [1.29, 1.82) is 0 Å². The van der Waals surface area contributed by atoms with Crippen LogP contribution in [0.3, 0.4) is 0 Å². The zero-order chi connectivity index (χ0) is 16.8. The first-order valence-corrected chi connectivity index (χ1v) is 7.05. The minimum absolute atomic E-state index is 0. The molecule has 1 aliphatic rings. The molecule has 2 rings (SSSR count). The highest BCUT2D eigenvalue weighted by Gasteiger charge is 2.48. The highest BCUT2D eigenvalue weighted by atomic mass is 19.4. The van der Waals surface area contributed by atoms with E-state index in [0.717, 1.165) is 10.5 Å². The highest BCUT2D eigenvalue weighted by Crippen LogP contribution is 2.38. The summed E-state index contributed by atoms with van der Waals surface area (Å²) >= 11 is 0. The van der Waals surface area contributed by atoms with Crippen LogP contribution in [-0.4, -0.2) is 31.5 Å². The Morgan fingerprint density at radius 2 is 1.95 bits per heavy atom. The topological polar surface area (TPSA) is 52.6 Å². The maximum absolute atomic E-state index is 13.0. The molecule has 4 nitrogen and oxygen atoms in total. The zero-order valence-electron chi connectivity index (χ0n) is 12.5. The van der Waals surface area contributed by atoms with Gasteiger partial charge in [-0.1, -0.05) is 25.1 Å². The standard InChI is InChI=1S/C13H14F3NO2.C2H5O/c1-2-19-12(18)17-10-6-4-3-5-9(10)7-8-11(17)13(14,15)16;1-2-3/h3-6,11H,2,7-8H2,1H3;2H2,1H3/q;-1. The van der Waals surface area contributed by atoms with Gasteiger partial charge in [-0.05, 0) is 31.4 Å². The normalized spacial score (nSPS) is 17.2. The van der Waals surface area contributed by atoms with Crippen LogP contribution in [0.1, 0.15) is 25.8 Å². The first-order chi connectivity index (χ1) is 10.4. The fourth-order valence-electron chi connectivity index (χ4n) is 2.28. The Bertz CT molecular complexity index is 491. The number of carbonyl (C=O) groups excluding carboxylic acids is 1. The molecule has 1 aromatic carbocycles. The number of benzene rings is 1. The number of alkyl halides is 3. The van der Waals surface area contributed by atoms with Gasteiger partial charge in [0.05, 0.1) is 12.3 Å². The molecule has 0 aromatic heterocycles. The molecule has 7 heteroatoms. The van der Waals surface area contributed by atoms with E-state index in [4.69, 9.17) is 9.84 Å². The van der Waals surface area contributed by atoms with Crippen molar-refractivity contribution in [2.24, 2.45) is 0 Å². The molecule has 1 amide bonds. The Morgan fingerprint density at radius 1 is 1.36 bits per heavy atom. The van der Waals surface area contributed by atoms with Crippen molar-refractivity contribution >= 4 is 11.8 Å². The molecule has 0 fully saturated rings. The van der Waals surface area contributed by atoms with E-state index < -0.39 is 18.3 Å². The molecule has 1 unspecified atom stereocenters. The average Bonchev–Trinajstić information content (AvgIpc) is 2.46. The van der Waals surface area contributed by atoms with Gasteiger partial charge in [0, 0.05) is 0 Å². The molecule has 0 saturated carbocycles. The Kier molecular flexibility index (Phi) is 6.67. The van der Waals surface area contributed by atoms with Crippen molar-refractivity contribution < 1.29 is 27.8 Å². The monoisotopic (exact) mass is 318 g/mol. The third-order valence-corrected chi connectivity index (χ3v) is 3.09. The number of hydrogen-bond acceptors (Lipinski definition) is 3. The van der Waals surface area contributed by atoms with Crippen molar-refractivity contribution in [2.45, 2.75) is 38.9 Å². The summed E-state index contributed by atoms with van der Waals surface area (Å²) in [6, 6.07) is 4.79. The Labute approximate surface area is 127 Å². The predicted octanol–water partition coefficient (Wildman–Crippen LogP) is 2.89. The van der Waals surface area contributed by atoms with Crippen molar-refractivity contribution in [3.63, 3.8) is 0 Å². The molecular weight excluding hydrogens is 299 g/mol. The number of amides is 1. The molecule has 124 valence electrons. The van der Waals surface area contributed by atoms with Crippen LogP contribution in [0.2, 0.25) is 0 Å². The van der Waals surface area contributed by atoms with Crippen LogP contribution >= 0.6 is 0 Å². The molecule has 1 heterocycles. The lowest BCUT2D eigenvalue weighted by molar-refractivity contribution is -0.361. The smallest absolute Gasteiger partial charge is 0.414 e. The number of halogens is 3. The lowest BCUT2D eigenvalue weighted by Crippen LogP contribution is -2.51. The summed E-state index contributed by atoms with van der Waals surface area (Å²) in [4.78, 5) is 12.5. The van der Waals surface area contributed by atoms with Crippen LogP contribution in [-0.2, 0) is 11.2 Å². The molecule has 0 saturated heterocycles. The van der Waals surface area contributed by atoms with Gasteiger partial charge in [-0.15, -0.1) is 6.61 Å². The number of anilines is 1. The summed E-state index contributed by atoms with van der Waals surface area (Å²) in [6.45, 7) is 3.18. The Balaban J connectivity index is 0.000000745. The SMILES string of the molecule is CCOC(=O)N1c2ccccc2CCC1C(F)(F)F.CC[O-]. The third kappa shape index (κ3) is 4.37. The van der Waals surface area contributed by atoms with Crippen LogP contribution in [0.15, 0.2) is 24.3 Å². The van der Waals surface area contributed by atoms with Gasteiger partial charge in [0.2, 0.25) is 0 Å². The fourth-order valence-corrected chi connectivity index (χ4v) is 2.28. The van der Waals surface area contributed by atoms with Gasteiger partial charge in [0.25, 0.3) is 0 Å². The van der Waals surface area contributed by atoms with E-state index in [1.54, 1.807) is 32.0 Å². The number of hydrogen-bond donors (Lipinski definition) is 0. The summed E-state index contributed by atoms with van der Waals surface area (Å²) in [5, 5.41) is 8.93. The zero-order valence-corrected chi connectivity index (χ0v) is 12.5. The van der Waals surface area contributed by atoms with Crippen LogP contribution in [0, 0.1) is 0 Å². The highest BCUT2D eigenvalue weighted by molar-refractivity contribution is 5.90. The third-order valence-electron chi connectivity index (χ3n) is 3.09. The fraction of sp³-hybridized carbons (Fsp3) is 0.533. The number of fused-ring (bicyclic) bond motifs is 1. The number of aryl methyl sites for hydroxylation is 1. The molecule has 0 radical (unpaired) electrons. The number of rotatable bonds is 1. The summed E-state index contributed by atoms with van der Waals surface area (Å²) < 4.78 is 43.9. The number of nitrogens with zero attached hydrogens (tertiary/aromatic N) is 1. The van der Waals surface area contributed by atoms with Crippen molar-refractivity contribution in [3.05, 3.63) is 29.8 Å². The van der Waals surface area contributed by atoms with E-state index in [1.807, 2.05) is 0 Å². The van der Waals surface area contributed by atoms with Crippen molar-refractivity contribution in [3.8, 4) is 0 Å². The number of carbonyl (C=O) groups is 1. The van der Waals surface area contributed by atoms with E-state index in [9.17, 15) is 18.0 Å². The first-order valence-electron chi connectivity index (χ1n) is 7.05. The molecule has 22 heavy (non-hydrogen) atoms. The second kappa shape index (κ2) is 8.03. The maximum Gasteiger partial charge on any atom is 0.414 e. The molecular formula is C15H19F3NO3-. The van der Waals surface area contributed by atoms with Crippen molar-refractivity contribution in [2.75, 3.05) is 18.1 Å². The lowest BCUT2D eigenvalue weighted by Gasteiger charge is -2.37. The average molecular weight is 318 g/mol. The first kappa shape index (κ1) is 18.3. The van der Waals surface area contributed by atoms with Gasteiger partial charge in [-0.3, -0.25) is 4.90 Å². The van der Waals surface area contributed by atoms with Gasteiger partial charge in [-0.2, -0.15) is 13.2 Å². The second-order valence-electron chi connectivity index (χ2n) is 4.58. The Morgan fingerprint density at radius 3 is 2.50 bits per heavy atom. The van der Waals surface area contributed by atoms with E-state index in [2.05, 4.69) is 0 Å². The van der Waals surface area contributed by atoms with Crippen LogP contribution in [0.4, 0.5) is 23.7 Å². The van der Waals surface area contributed by atoms with Gasteiger partial charge in [0.1, 0.15) is 6.04 Å². The minimum Gasteiger partial charge on any atom is -0.855 e. The molecule has 0 N–H and O–H groups in total. The maximum atomic E-state index is 13.0. The molecule has 1 atom stereocenters. The van der Waals surface area contributed by atoms with E-state index >= 15 is 0 Å². The summed E-state index contributed by atoms with van der Waals surface area (Å²) in [6.07, 6.45) is -5.24. The summed E-state index contributed by atoms with van der Waals surface area (Å²) in [5.41, 5.74) is 1.02. The predicted molar refractivity (Wildman–Crippen MR) is 74.6 cm³/mol. The molecule has 1 aromatic rings. The molecule has 0 spiro atoms. The van der Waals surface area contributed by atoms with Crippen LogP contribution in [0.5, 0.6) is 0 Å². The summed E-state index contributed by atoms with van der Waals surface area (Å²) in [5.74, 6) is 0. The molecule has 0 aliphatic carbocycles. The van der Waals surface area contributed by atoms with Gasteiger partial charge < -0.3 is 9.84 Å². The summed E-state index contributed by atoms with van der Waals surface area (Å²) in [7, 11) is 0. The van der Waals surface area contributed by atoms with Crippen LogP contribution < -0.4 is 10.0 Å². The number of ether oxygens (including phenoxy) is 1. The van der Waals surface area contributed by atoms with E-state index in [-0.39, 0.29) is 25.3 Å². The lowest BCUT2D eigenvalue weighted by atomic mass is 9.96. The van der Waals surface area contributed by atoms with Gasteiger partial charge in [0.15, 0.2) is 0 Å².